The predicted molar refractivity (Wildman–Crippen MR) is 78.7 cm³/mol. The van der Waals surface area contributed by atoms with Crippen LogP contribution in [0, 0.1) is 0 Å². The van der Waals surface area contributed by atoms with Crippen molar-refractivity contribution < 1.29 is 4.79 Å². The summed E-state index contributed by atoms with van der Waals surface area (Å²) in [6.45, 7) is 0. The van der Waals surface area contributed by atoms with Gasteiger partial charge in [0, 0.05) is 4.91 Å². The molecule has 1 aliphatic heterocycles. The number of allylic oxidation sites excluding steroid dienone is 2. The molecule has 0 radical (unpaired) electrons. The molecule has 0 bridgehead atoms. The highest BCUT2D eigenvalue weighted by atomic mass is 35.5. The highest BCUT2D eigenvalue weighted by Crippen LogP contribution is 2.34. The van der Waals surface area contributed by atoms with Gasteiger partial charge in [-0.05, 0) is 30.4 Å². The zero-order chi connectivity index (χ0) is 11.0. The van der Waals surface area contributed by atoms with Gasteiger partial charge < -0.3 is 0 Å². The van der Waals surface area contributed by atoms with Crippen LogP contribution >= 0.6 is 36.6 Å². The van der Waals surface area contributed by atoms with E-state index in [4.69, 9.17) is 0 Å². The van der Waals surface area contributed by atoms with Gasteiger partial charge in [-0.1, -0.05) is 17.8 Å². The molecule has 0 saturated heterocycles. The minimum Gasteiger partial charge on any atom is -0.299 e. The number of hydrogen-bond donors (Lipinski definition) is 0. The molecule has 3 rings (SSSR count). The van der Waals surface area contributed by atoms with Crippen molar-refractivity contribution in [1.29, 1.82) is 0 Å². The number of imidazole rings is 1. The summed E-state index contributed by atoms with van der Waals surface area (Å²) in [7, 11) is 0. The van der Waals surface area contributed by atoms with Crippen LogP contribution in [0.1, 0.15) is 5.69 Å². The molecule has 3 heterocycles. The maximum absolute atomic E-state index is 10.3. The number of hydrogen-bond acceptors (Lipinski definition) is 3. The smallest absolute Gasteiger partial charge is 0.142 e. The Labute approximate surface area is 121 Å². The first-order valence-electron chi connectivity index (χ1n) is 4.86. The van der Waals surface area contributed by atoms with Gasteiger partial charge in [-0.2, -0.15) is 0 Å². The van der Waals surface area contributed by atoms with E-state index in [1.807, 2.05) is 36.5 Å². The van der Waals surface area contributed by atoms with E-state index in [1.54, 1.807) is 11.8 Å². The van der Waals surface area contributed by atoms with Crippen molar-refractivity contribution in [2.45, 2.75) is 5.03 Å². The molecule has 0 atom stereocenters. The number of rotatable bonds is 2. The molecule has 18 heavy (non-hydrogen) atoms. The van der Waals surface area contributed by atoms with E-state index in [1.165, 1.54) is 6.08 Å². The molecule has 2 aromatic rings. The quantitative estimate of drug-likeness (QED) is 0.630. The molecule has 0 N–H and O–H groups in total. The van der Waals surface area contributed by atoms with E-state index in [0.717, 1.165) is 27.6 Å². The number of aromatic nitrogens is 2. The first-order valence-corrected chi connectivity index (χ1v) is 5.68. The minimum atomic E-state index is 0. The highest BCUT2D eigenvalue weighted by molar-refractivity contribution is 8.03. The summed E-state index contributed by atoms with van der Waals surface area (Å²) in [5.41, 5.74) is 2.00. The van der Waals surface area contributed by atoms with Crippen LogP contribution in [-0.2, 0) is 4.79 Å². The van der Waals surface area contributed by atoms with Crippen molar-refractivity contribution in [2.75, 3.05) is 0 Å². The van der Waals surface area contributed by atoms with Gasteiger partial charge in [-0.15, -0.1) is 24.8 Å². The molecule has 0 fully saturated rings. The van der Waals surface area contributed by atoms with E-state index in [2.05, 4.69) is 9.38 Å². The normalized spacial score (nSPS) is 12.8. The van der Waals surface area contributed by atoms with Crippen LogP contribution in [0.3, 0.4) is 0 Å². The monoisotopic (exact) mass is 300 g/mol. The Balaban J connectivity index is 0.000000810. The molecule has 2 aromatic heterocycles. The number of aldehydes is 1. The fourth-order valence-corrected chi connectivity index (χ4v) is 2.73. The fourth-order valence-electron chi connectivity index (χ4n) is 1.72. The van der Waals surface area contributed by atoms with E-state index in [0.29, 0.717) is 0 Å². The molecular weight excluding hydrogens is 291 g/mol. The predicted octanol–water partition coefficient (Wildman–Crippen LogP) is 3.38. The second-order valence-electron chi connectivity index (χ2n) is 3.38. The Bertz CT molecular complexity index is 634. The summed E-state index contributed by atoms with van der Waals surface area (Å²) in [4.78, 5) is 15.7. The van der Waals surface area contributed by atoms with Crippen LogP contribution in [-0.4, -0.2) is 15.7 Å². The Hall–Kier alpha value is -1.23. The molecular formula is C12H10Cl2N2OS. The van der Waals surface area contributed by atoms with Gasteiger partial charge in [0.2, 0.25) is 0 Å². The SMILES string of the molecule is Cl.Cl.O=CC=CC1=Cc2cnc3cccc(n23)S1. The fraction of sp³-hybridized carbons (Fsp3) is 0. The molecule has 0 aliphatic carbocycles. The molecule has 6 heteroatoms. The van der Waals surface area contributed by atoms with Gasteiger partial charge in [0.25, 0.3) is 0 Å². The molecule has 0 unspecified atom stereocenters. The zero-order valence-electron chi connectivity index (χ0n) is 9.15. The Morgan fingerprint density at radius 3 is 2.89 bits per heavy atom. The molecule has 94 valence electrons. The van der Waals surface area contributed by atoms with Crippen molar-refractivity contribution in [1.82, 2.24) is 9.38 Å². The molecule has 0 spiro atoms. The van der Waals surface area contributed by atoms with Crippen molar-refractivity contribution in [3.63, 3.8) is 0 Å². The Morgan fingerprint density at radius 1 is 1.28 bits per heavy atom. The number of carbonyl (C=O) groups is 1. The summed E-state index contributed by atoms with van der Waals surface area (Å²) < 4.78 is 2.10. The third-order valence-electron chi connectivity index (χ3n) is 2.37. The molecule has 0 saturated carbocycles. The van der Waals surface area contributed by atoms with Gasteiger partial charge in [0.05, 0.1) is 16.9 Å². The first-order chi connectivity index (χ1) is 7.88. The summed E-state index contributed by atoms with van der Waals surface area (Å²) in [6, 6.07) is 6.01. The first kappa shape index (κ1) is 14.8. The van der Waals surface area contributed by atoms with Gasteiger partial charge in [-0.25, -0.2) is 4.98 Å². The van der Waals surface area contributed by atoms with E-state index in [-0.39, 0.29) is 24.8 Å². The summed E-state index contributed by atoms with van der Waals surface area (Å²) in [6.07, 6.45) is 7.97. The van der Waals surface area contributed by atoms with Crippen molar-refractivity contribution in [3.05, 3.63) is 47.1 Å². The molecule has 0 aromatic carbocycles. The lowest BCUT2D eigenvalue weighted by Gasteiger charge is -2.12. The van der Waals surface area contributed by atoms with Crippen LogP contribution < -0.4 is 0 Å². The number of halogens is 2. The molecule has 3 nitrogen and oxygen atoms in total. The summed E-state index contributed by atoms with van der Waals surface area (Å²) in [5.74, 6) is 0. The second-order valence-corrected chi connectivity index (χ2v) is 4.48. The van der Waals surface area contributed by atoms with Crippen molar-refractivity contribution in [3.8, 4) is 0 Å². The van der Waals surface area contributed by atoms with E-state index >= 15 is 0 Å². The second kappa shape index (κ2) is 6.09. The van der Waals surface area contributed by atoms with Gasteiger partial charge in [0.1, 0.15) is 11.9 Å². The third kappa shape index (κ3) is 2.46. The number of pyridine rings is 1. The van der Waals surface area contributed by atoms with Gasteiger partial charge in [-0.3, -0.25) is 9.20 Å². The maximum Gasteiger partial charge on any atom is 0.142 e. The van der Waals surface area contributed by atoms with Crippen LogP contribution in [0.15, 0.2) is 46.5 Å². The standard InChI is InChI=1S/C12H8N2OS.2ClH/c15-6-2-3-10-7-9-8-13-11-4-1-5-12(16-10)14(9)11;;/h1-8H;2*1H. The number of carbonyl (C=O) groups excluding carboxylic acids is 1. The number of thioether (sulfide) groups is 1. The largest absolute Gasteiger partial charge is 0.299 e. The van der Waals surface area contributed by atoms with Crippen LogP contribution in [0.25, 0.3) is 11.7 Å². The van der Waals surface area contributed by atoms with E-state index < -0.39 is 0 Å². The average molecular weight is 301 g/mol. The van der Waals surface area contributed by atoms with Crippen LogP contribution in [0.5, 0.6) is 0 Å². The van der Waals surface area contributed by atoms with Crippen molar-refractivity contribution >= 4 is 54.6 Å². The maximum atomic E-state index is 10.3. The number of nitrogens with zero attached hydrogens (tertiary/aromatic N) is 2. The van der Waals surface area contributed by atoms with Crippen LogP contribution in [0.4, 0.5) is 0 Å². The minimum absolute atomic E-state index is 0. The molecule has 0 amide bonds. The van der Waals surface area contributed by atoms with Gasteiger partial charge in [0.15, 0.2) is 0 Å². The lowest BCUT2D eigenvalue weighted by molar-refractivity contribution is -0.104. The summed E-state index contributed by atoms with van der Waals surface area (Å²) in [5, 5.41) is 1.12. The Morgan fingerprint density at radius 2 is 2.11 bits per heavy atom. The van der Waals surface area contributed by atoms with E-state index in [9.17, 15) is 4.79 Å². The third-order valence-corrected chi connectivity index (χ3v) is 3.39. The Kier molecular flexibility index (Phi) is 5.02. The lowest BCUT2D eigenvalue weighted by Crippen LogP contribution is -1.96. The van der Waals surface area contributed by atoms with Gasteiger partial charge >= 0.3 is 0 Å². The molecule has 1 aliphatic rings. The lowest BCUT2D eigenvalue weighted by atomic mass is 10.3. The average Bonchev–Trinajstić information content (AvgIpc) is 2.72. The zero-order valence-corrected chi connectivity index (χ0v) is 11.6. The highest BCUT2D eigenvalue weighted by Gasteiger charge is 2.12. The topological polar surface area (TPSA) is 34.4 Å². The van der Waals surface area contributed by atoms with Crippen molar-refractivity contribution in [2.24, 2.45) is 0 Å². The summed E-state index contributed by atoms with van der Waals surface area (Å²) >= 11 is 1.63. The van der Waals surface area contributed by atoms with Crippen LogP contribution in [0.2, 0.25) is 0 Å².